The predicted octanol–water partition coefficient (Wildman–Crippen LogP) is 3.03. The van der Waals surface area contributed by atoms with Gasteiger partial charge in [-0.25, -0.2) is 9.50 Å². The topological polar surface area (TPSA) is 59.3 Å². The fraction of sp³-hybridized carbons (Fsp3) is 0.278. The van der Waals surface area contributed by atoms with Gasteiger partial charge in [-0.05, 0) is 49.1 Å². The van der Waals surface area contributed by atoms with Crippen molar-refractivity contribution < 1.29 is 4.79 Å². The zero-order valence-corrected chi connectivity index (χ0v) is 14.9. The second-order valence-electron chi connectivity index (χ2n) is 5.54. The zero-order valence-electron chi connectivity index (χ0n) is 13.3. The fourth-order valence-corrected chi connectivity index (χ4v) is 2.84. The zero-order chi connectivity index (χ0) is 16.8. The van der Waals surface area contributed by atoms with E-state index in [9.17, 15) is 4.79 Å². The lowest BCUT2D eigenvalue weighted by atomic mass is 10.0. The predicted molar refractivity (Wildman–Crippen MR) is 97.6 cm³/mol. The van der Waals surface area contributed by atoms with Crippen molar-refractivity contribution in [3.63, 3.8) is 0 Å². The summed E-state index contributed by atoms with van der Waals surface area (Å²) in [5.74, 6) is -0.0192. The number of imidazole rings is 1. The number of aryl methyl sites for hydroxylation is 2. The van der Waals surface area contributed by atoms with Crippen molar-refractivity contribution in [1.29, 1.82) is 0 Å². The van der Waals surface area contributed by atoms with Crippen LogP contribution < -0.4 is 5.32 Å². The summed E-state index contributed by atoms with van der Waals surface area (Å²) in [6.07, 6.45) is 6.21. The third-order valence-electron chi connectivity index (χ3n) is 3.80. The van der Waals surface area contributed by atoms with Crippen LogP contribution in [0, 0.1) is 0 Å². The van der Waals surface area contributed by atoms with E-state index in [2.05, 4.69) is 31.3 Å². The average molecular weight is 387 g/mol. The molecule has 0 saturated heterocycles. The van der Waals surface area contributed by atoms with Crippen LogP contribution in [-0.4, -0.2) is 32.4 Å². The van der Waals surface area contributed by atoms with Gasteiger partial charge in [0.1, 0.15) is 0 Å². The summed E-state index contributed by atoms with van der Waals surface area (Å²) < 4.78 is 1.86. The number of hydrogen-bond donors (Lipinski definition) is 1. The second-order valence-corrected chi connectivity index (χ2v) is 6.34. The molecule has 124 valence electrons. The number of amides is 1. The highest BCUT2D eigenvalue weighted by molar-refractivity contribution is 9.09. The number of nitrogens with one attached hydrogen (secondary N) is 1. The van der Waals surface area contributed by atoms with Crippen LogP contribution in [0.2, 0.25) is 0 Å². The Hall–Kier alpha value is -2.21. The maximum absolute atomic E-state index is 12.1. The molecule has 3 rings (SSSR count). The molecule has 0 aliphatic rings. The normalized spacial score (nSPS) is 10.9. The van der Waals surface area contributed by atoms with Crippen LogP contribution >= 0.6 is 15.9 Å². The van der Waals surface area contributed by atoms with Gasteiger partial charge >= 0.3 is 0 Å². The standard InChI is InChI=1S/C18H19BrN4O/c19-9-3-10-20-18(24)15-5-1-4-14(12-15)7-8-16-13-21-17-6-2-11-22-23(16)17/h1-2,4-6,11-13H,3,7-10H2,(H,20,24). The van der Waals surface area contributed by atoms with E-state index in [1.165, 1.54) is 0 Å². The summed E-state index contributed by atoms with van der Waals surface area (Å²) >= 11 is 3.36. The van der Waals surface area contributed by atoms with Crippen molar-refractivity contribution in [2.45, 2.75) is 19.3 Å². The number of alkyl halides is 1. The molecule has 0 fully saturated rings. The van der Waals surface area contributed by atoms with Crippen LogP contribution in [0.25, 0.3) is 5.65 Å². The number of carbonyl (C=O) groups excluding carboxylic acids is 1. The van der Waals surface area contributed by atoms with Crippen molar-refractivity contribution in [2.24, 2.45) is 0 Å². The average Bonchev–Trinajstić information content (AvgIpc) is 3.03. The van der Waals surface area contributed by atoms with Crippen LogP contribution in [-0.2, 0) is 12.8 Å². The first-order chi connectivity index (χ1) is 11.8. The van der Waals surface area contributed by atoms with E-state index in [-0.39, 0.29) is 5.91 Å². The van der Waals surface area contributed by atoms with Gasteiger partial charge in [-0.1, -0.05) is 28.1 Å². The first-order valence-electron chi connectivity index (χ1n) is 7.98. The van der Waals surface area contributed by atoms with E-state index >= 15 is 0 Å². The first kappa shape index (κ1) is 16.6. The molecule has 0 unspecified atom stereocenters. The molecule has 1 amide bonds. The molecular formula is C18H19BrN4O. The van der Waals surface area contributed by atoms with Crippen LogP contribution in [0.15, 0.2) is 48.8 Å². The fourth-order valence-electron chi connectivity index (χ4n) is 2.56. The molecule has 2 aromatic heterocycles. The number of carbonyl (C=O) groups is 1. The Labute approximate surface area is 149 Å². The second kappa shape index (κ2) is 8.06. The van der Waals surface area contributed by atoms with Crippen LogP contribution in [0.1, 0.15) is 28.0 Å². The van der Waals surface area contributed by atoms with Crippen LogP contribution in [0.4, 0.5) is 0 Å². The Balaban J connectivity index is 1.65. The van der Waals surface area contributed by atoms with Gasteiger partial charge in [0.25, 0.3) is 5.91 Å². The van der Waals surface area contributed by atoms with Crippen molar-refractivity contribution in [1.82, 2.24) is 19.9 Å². The smallest absolute Gasteiger partial charge is 0.251 e. The highest BCUT2D eigenvalue weighted by Gasteiger charge is 2.07. The minimum atomic E-state index is -0.0192. The molecular weight excluding hydrogens is 368 g/mol. The SMILES string of the molecule is O=C(NCCCBr)c1cccc(CCc2cnc3cccnn23)c1. The summed E-state index contributed by atoms with van der Waals surface area (Å²) in [6, 6.07) is 11.6. The monoisotopic (exact) mass is 386 g/mol. The summed E-state index contributed by atoms with van der Waals surface area (Å²) in [4.78, 5) is 16.5. The lowest BCUT2D eigenvalue weighted by Gasteiger charge is -2.06. The molecule has 2 heterocycles. The Morgan fingerprint density at radius 1 is 1.21 bits per heavy atom. The number of aromatic nitrogens is 3. The van der Waals surface area contributed by atoms with E-state index in [4.69, 9.17) is 0 Å². The number of nitrogens with zero attached hydrogens (tertiary/aromatic N) is 3. The van der Waals surface area contributed by atoms with E-state index < -0.39 is 0 Å². The van der Waals surface area contributed by atoms with Gasteiger partial charge in [-0.3, -0.25) is 4.79 Å². The van der Waals surface area contributed by atoms with Crippen molar-refractivity contribution in [3.8, 4) is 0 Å². The molecule has 3 aromatic rings. The number of fused-ring (bicyclic) bond motifs is 1. The summed E-state index contributed by atoms with van der Waals surface area (Å²) in [5.41, 5.74) is 3.76. The highest BCUT2D eigenvalue weighted by Crippen LogP contribution is 2.11. The molecule has 6 heteroatoms. The molecule has 0 bridgehead atoms. The summed E-state index contributed by atoms with van der Waals surface area (Å²) in [7, 11) is 0. The maximum atomic E-state index is 12.1. The van der Waals surface area contributed by atoms with E-state index in [0.29, 0.717) is 12.1 Å². The lowest BCUT2D eigenvalue weighted by Crippen LogP contribution is -2.24. The quantitative estimate of drug-likeness (QED) is 0.501. The van der Waals surface area contributed by atoms with Gasteiger partial charge in [0.15, 0.2) is 5.65 Å². The van der Waals surface area contributed by atoms with Crippen LogP contribution in [0.5, 0.6) is 0 Å². The Morgan fingerprint density at radius 2 is 2.12 bits per heavy atom. The van der Waals surface area contributed by atoms with Crippen molar-refractivity contribution >= 4 is 27.5 Å². The van der Waals surface area contributed by atoms with Gasteiger partial charge in [0.05, 0.1) is 11.9 Å². The summed E-state index contributed by atoms with van der Waals surface area (Å²) in [6.45, 7) is 0.682. The molecule has 1 N–H and O–H groups in total. The third kappa shape index (κ3) is 4.00. The van der Waals surface area contributed by atoms with Crippen molar-refractivity contribution in [2.75, 3.05) is 11.9 Å². The van der Waals surface area contributed by atoms with Gasteiger partial charge < -0.3 is 5.32 Å². The van der Waals surface area contributed by atoms with Gasteiger partial charge in [-0.15, -0.1) is 0 Å². The molecule has 0 aliphatic heterocycles. The molecule has 24 heavy (non-hydrogen) atoms. The molecule has 0 spiro atoms. The van der Waals surface area contributed by atoms with Gasteiger partial charge in [0.2, 0.25) is 0 Å². The summed E-state index contributed by atoms with van der Waals surface area (Å²) in [5, 5.41) is 8.14. The molecule has 0 saturated carbocycles. The third-order valence-corrected chi connectivity index (χ3v) is 4.36. The first-order valence-corrected chi connectivity index (χ1v) is 9.11. The van der Waals surface area contributed by atoms with Crippen molar-refractivity contribution in [3.05, 3.63) is 65.6 Å². The molecule has 5 nitrogen and oxygen atoms in total. The van der Waals surface area contributed by atoms with Gasteiger partial charge in [0, 0.05) is 23.6 Å². The maximum Gasteiger partial charge on any atom is 0.251 e. The Bertz CT molecular complexity index is 831. The minimum absolute atomic E-state index is 0.0192. The molecule has 0 radical (unpaired) electrons. The van der Waals surface area contributed by atoms with E-state index in [1.54, 1.807) is 6.20 Å². The van der Waals surface area contributed by atoms with E-state index in [1.807, 2.05) is 47.1 Å². The number of rotatable bonds is 7. The molecule has 0 atom stereocenters. The number of halogens is 1. The largest absolute Gasteiger partial charge is 0.352 e. The Morgan fingerprint density at radius 3 is 3.00 bits per heavy atom. The minimum Gasteiger partial charge on any atom is -0.352 e. The van der Waals surface area contributed by atoms with Crippen LogP contribution in [0.3, 0.4) is 0 Å². The number of benzene rings is 1. The number of hydrogen-bond acceptors (Lipinski definition) is 3. The Kier molecular flexibility index (Phi) is 5.59. The molecule has 1 aromatic carbocycles. The van der Waals surface area contributed by atoms with E-state index in [0.717, 1.165) is 41.5 Å². The molecule has 0 aliphatic carbocycles. The highest BCUT2D eigenvalue weighted by atomic mass is 79.9. The van der Waals surface area contributed by atoms with Gasteiger partial charge in [-0.2, -0.15) is 5.10 Å². The lowest BCUT2D eigenvalue weighted by molar-refractivity contribution is 0.0953.